The summed E-state index contributed by atoms with van der Waals surface area (Å²) in [6, 6.07) is 38.1. The molecule has 4 aromatic rings. The molecule has 0 aromatic heterocycles. The van der Waals surface area contributed by atoms with Gasteiger partial charge in [-0.15, -0.1) is 0 Å². The maximum Gasteiger partial charge on any atom is 0.130 e. The molecule has 0 fully saturated rings. The molecule has 0 amide bonds. The zero-order valence-electron chi connectivity index (χ0n) is 23.9. The fourth-order valence-corrected chi connectivity index (χ4v) is 7.24. The van der Waals surface area contributed by atoms with Crippen molar-refractivity contribution in [3.05, 3.63) is 183 Å². The first-order valence-corrected chi connectivity index (χ1v) is 15.1. The van der Waals surface area contributed by atoms with Crippen LogP contribution in [0.2, 0.25) is 0 Å². The first-order chi connectivity index (χ1) is 20.8. The molecule has 2 nitrogen and oxygen atoms in total. The largest absolute Gasteiger partial charge is 0.363 e. The second-order valence-electron chi connectivity index (χ2n) is 11.7. The van der Waals surface area contributed by atoms with E-state index in [1.165, 1.54) is 66.5 Å². The maximum absolute atomic E-state index is 3.84. The molecule has 4 aromatic carbocycles. The highest BCUT2D eigenvalue weighted by molar-refractivity contribution is 5.89. The lowest BCUT2D eigenvalue weighted by atomic mass is 9.72. The summed E-state index contributed by atoms with van der Waals surface area (Å²) in [5.74, 6) is 0.340. The summed E-state index contributed by atoms with van der Waals surface area (Å²) >= 11 is 0. The van der Waals surface area contributed by atoms with Crippen LogP contribution in [0.4, 0.5) is 5.69 Å². The molecule has 2 atom stereocenters. The minimum atomic E-state index is 0.0918. The van der Waals surface area contributed by atoms with Gasteiger partial charge in [0.25, 0.3) is 0 Å². The van der Waals surface area contributed by atoms with Gasteiger partial charge in [0, 0.05) is 17.3 Å². The van der Waals surface area contributed by atoms with Crippen LogP contribution in [0.3, 0.4) is 0 Å². The third-order valence-corrected chi connectivity index (χ3v) is 9.14. The number of allylic oxidation sites excluding steroid dienone is 7. The molecule has 1 heterocycles. The number of nitrogens with zero attached hydrogens (tertiary/aromatic N) is 1. The van der Waals surface area contributed by atoms with E-state index in [4.69, 9.17) is 0 Å². The quantitative estimate of drug-likeness (QED) is 0.286. The van der Waals surface area contributed by atoms with Crippen molar-refractivity contribution in [2.24, 2.45) is 5.92 Å². The van der Waals surface area contributed by atoms with Crippen molar-refractivity contribution >= 4 is 16.8 Å². The number of anilines is 1. The average molecular weight is 543 g/mol. The van der Waals surface area contributed by atoms with Crippen LogP contribution in [0.25, 0.3) is 11.1 Å². The molecule has 3 aliphatic carbocycles. The fraction of sp³-hybridized carbons (Fsp3) is 0.150. The Balaban J connectivity index is 1.30. The first kappa shape index (κ1) is 24.9. The lowest BCUT2D eigenvalue weighted by molar-refractivity contribution is 0.634. The fourth-order valence-electron chi connectivity index (χ4n) is 7.24. The van der Waals surface area contributed by atoms with Crippen molar-refractivity contribution in [3.63, 3.8) is 0 Å². The Morgan fingerprint density at radius 3 is 2.36 bits per heavy atom. The van der Waals surface area contributed by atoms with Crippen LogP contribution >= 0.6 is 0 Å². The van der Waals surface area contributed by atoms with Gasteiger partial charge in [-0.1, -0.05) is 121 Å². The Morgan fingerprint density at radius 2 is 1.55 bits per heavy atom. The molecule has 42 heavy (non-hydrogen) atoms. The van der Waals surface area contributed by atoms with Gasteiger partial charge in [-0.2, -0.15) is 0 Å². The van der Waals surface area contributed by atoms with Gasteiger partial charge in [0.2, 0.25) is 0 Å². The monoisotopic (exact) mass is 542 g/mol. The molecule has 204 valence electrons. The summed E-state index contributed by atoms with van der Waals surface area (Å²) in [5.41, 5.74) is 13.2. The summed E-state index contributed by atoms with van der Waals surface area (Å²) in [5, 5.41) is 6.54. The number of fused-ring (bicyclic) bond motifs is 2. The van der Waals surface area contributed by atoms with E-state index in [0.717, 1.165) is 19.3 Å². The van der Waals surface area contributed by atoms with Crippen LogP contribution in [0, 0.1) is 12.8 Å². The molecule has 4 aliphatic rings. The summed E-state index contributed by atoms with van der Waals surface area (Å²) in [7, 11) is 0. The van der Waals surface area contributed by atoms with Crippen LogP contribution in [0.5, 0.6) is 0 Å². The topological polar surface area (TPSA) is 15.3 Å². The molecule has 0 spiro atoms. The predicted octanol–water partition coefficient (Wildman–Crippen LogP) is 7.58. The second-order valence-corrected chi connectivity index (χ2v) is 11.7. The second kappa shape index (κ2) is 10.2. The zero-order chi connectivity index (χ0) is 28.0. The molecule has 2 heteroatoms. The lowest BCUT2D eigenvalue weighted by Crippen LogP contribution is -2.38. The minimum absolute atomic E-state index is 0.0918. The Bertz CT molecular complexity index is 1920. The standard InChI is InChI=1S/C40H34N2/c1-27-20-25-34-35(26-27)39(33-17-9-8-16-32(33)38(34)28-12-4-2-5-13-28)29-21-23-31(24-22-29)42-37-19-11-10-18-36(37)41-40(42)30-14-6-3-7-15-30/h2-9,11-15,17,19-26,32,40-41H,10,16,18H2,1H3. The van der Waals surface area contributed by atoms with E-state index in [0.29, 0.717) is 5.92 Å². The molecule has 0 bridgehead atoms. The van der Waals surface area contributed by atoms with E-state index in [-0.39, 0.29) is 6.17 Å². The number of hydrogen-bond acceptors (Lipinski definition) is 2. The normalized spacial score (nSPS) is 20.6. The van der Waals surface area contributed by atoms with E-state index >= 15 is 0 Å². The highest BCUT2D eigenvalue weighted by atomic mass is 15.3. The van der Waals surface area contributed by atoms with Crippen molar-refractivity contribution in [2.75, 3.05) is 4.90 Å². The van der Waals surface area contributed by atoms with Gasteiger partial charge in [0.1, 0.15) is 6.17 Å². The van der Waals surface area contributed by atoms with E-state index < -0.39 is 0 Å². The number of hydrogen-bond donors (Lipinski definition) is 1. The first-order valence-electron chi connectivity index (χ1n) is 15.1. The Labute approximate surface area is 248 Å². The number of aryl methyl sites for hydroxylation is 1. The van der Waals surface area contributed by atoms with Gasteiger partial charge in [-0.25, -0.2) is 0 Å². The molecule has 0 saturated carbocycles. The molecule has 0 saturated heterocycles. The number of rotatable bonds is 4. The van der Waals surface area contributed by atoms with Crippen molar-refractivity contribution in [1.82, 2.24) is 5.32 Å². The average Bonchev–Trinajstić information content (AvgIpc) is 3.44. The molecular weight excluding hydrogens is 508 g/mol. The van der Waals surface area contributed by atoms with E-state index in [1.54, 1.807) is 0 Å². The van der Waals surface area contributed by atoms with E-state index in [9.17, 15) is 0 Å². The van der Waals surface area contributed by atoms with Crippen LogP contribution < -0.4 is 20.7 Å². The van der Waals surface area contributed by atoms with Gasteiger partial charge >= 0.3 is 0 Å². The Morgan fingerprint density at radius 1 is 0.762 bits per heavy atom. The van der Waals surface area contributed by atoms with Crippen molar-refractivity contribution in [3.8, 4) is 0 Å². The lowest BCUT2D eigenvalue weighted by Gasteiger charge is -2.32. The molecular formula is C40H34N2. The van der Waals surface area contributed by atoms with Crippen LogP contribution in [-0.2, 0) is 0 Å². The van der Waals surface area contributed by atoms with Crippen LogP contribution in [0.1, 0.15) is 47.7 Å². The van der Waals surface area contributed by atoms with Gasteiger partial charge in [-0.05, 0) is 88.2 Å². The summed E-state index contributed by atoms with van der Waals surface area (Å²) in [6.07, 6.45) is 14.8. The molecule has 1 aliphatic heterocycles. The SMILES string of the molecule is Cc1ccc2c(c1)=C(c1ccc(N3C4=C(CCC=C4)NC3c3ccccc3)cc1)C1=CC=CCC1C=2c1ccccc1. The van der Waals surface area contributed by atoms with E-state index in [2.05, 4.69) is 151 Å². The van der Waals surface area contributed by atoms with Crippen LogP contribution in [-0.4, -0.2) is 0 Å². The van der Waals surface area contributed by atoms with Gasteiger partial charge in [0.15, 0.2) is 0 Å². The summed E-state index contributed by atoms with van der Waals surface area (Å²) in [4.78, 5) is 2.47. The highest BCUT2D eigenvalue weighted by Crippen LogP contribution is 2.42. The Kier molecular flexibility index (Phi) is 6.07. The molecule has 2 unspecified atom stereocenters. The van der Waals surface area contributed by atoms with Crippen molar-refractivity contribution in [1.29, 1.82) is 0 Å². The highest BCUT2D eigenvalue weighted by Gasteiger charge is 2.33. The molecule has 0 radical (unpaired) electrons. The van der Waals surface area contributed by atoms with E-state index in [1.807, 2.05) is 0 Å². The maximum atomic E-state index is 3.84. The van der Waals surface area contributed by atoms with Crippen molar-refractivity contribution in [2.45, 2.75) is 32.4 Å². The zero-order valence-corrected chi connectivity index (χ0v) is 23.9. The smallest absolute Gasteiger partial charge is 0.130 e. The van der Waals surface area contributed by atoms with Crippen LogP contribution in [0.15, 0.2) is 150 Å². The van der Waals surface area contributed by atoms with Gasteiger partial charge < -0.3 is 10.2 Å². The summed E-state index contributed by atoms with van der Waals surface area (Å²) in [6.45, 7) is 2.21. The number of nitrogens with one attached hydrogen (secondary N) is 1. The van der Waals surface area contributed by atoms with Gasteiger partial charge in [0.05, 0.1) is 5.70 Å². The molecule has 1 N–H and O–H groups in total. The third-order valence-electron chi connectivity index (χ3n) is 9.14. The molecule has 8 rings (SSSR count). The minimum Gasteiger partial charge on any atom is -0.363 e. The number of benzene rings is 4. The predicted molar refractivity (Wildman–Crippen MR) is 174 cm³/mol. The summed E-state index contributed by atoms with van der Waals surface area (Å²) < 4.78 is 0. The van der Waals surface area contributed by atoms with Crippen molar-refractivity contribution < 1.29 is 0 Å². The Hall–Kier alpha value is -4.82. The third kappa shape index (κ3) is 4.10. The van der Waals surface area contributed by atoms with Gasteiger partial charge in [-0.3, -0.25) is 0 Å².